The van der Waals surface area contributed by atoms with Crippen molar-refractivity contribution < 1.29 is 18.7 Å². The van der Waals surface area contributed by atoms with Gasteiger partial charge in [0.25, 0.3) is 5.91 Å². The number of nitrogens with two attached hydrogens (primary N) is 1. The van der Waals surface area contributed by atoms with Crippen LogP contribution in [-0.2, 0) is 10.2 Å². The Bertz CT molecular complexity index is 1760. The number of nitrogen functional groups attached to an aromatic ring is 1. The summed E-state index contributed by atoms with van der Waals surface area (Å²) in [7, 11) is 1.48. The summed E-state index contributed by atoms with van der Waals surface area (Å²) >= 11 is 0. The Kier molecular flexibility index (Phi) is 5.24. The number of fused-ring (bicyclic) bond motifs is 4. The van der Waals surface area contributed by atoms with Gasteiger partial charge in [-0.1, -0.05) is 32.0 Å². The molecule has 38 heavy (non-hydrogen) atoms. The van der Waals surface area contributed by atoms with Crippen LogP contribution in [0.25, 0.3) is 21.8 Å². The molecule has 190 valence electrons. The van der Waals surface area contributed by atoms with Gasteiger partial charge in [-0.3, -0.25) is 19.5 Å². The molecule has 0 saturated heterocycles. The fourth-order valence-corrected chi connectivity index (χ4v) is 5.69. The monoisotopic (exact) mass is 508 g/mol. The number of carbonyl (C=O) groups excluding carboxylic acids is 2. The molecule has 1 amide bonds. The van der Waals surface area contributed by atoms with Crippen LogP contribution in [0.4, 0.5) is 21.5 Å². The number of carbonyl (C=O) groups is 2. The number of aromatic amines is 1. The molecule has 6 rings (SSSR count). The Balaban J connectivity index is 1.62. The van der Waals surface area contributed by atoms with E-state index in [2.05, 4.69) is 9.97 Å². The third kappa shape index (κ3) is 3.09. The van der Waals surface area contributed by atoms with Crippen molar-refractivity contribution in [2.24, 2.45) is 5.92 Å². The second-order valence-electron chi connectivity index (χ2n) is 9.77. The van der Waals surface area contributed by atoms with Crippen molar-refractivity contribution in [3.63, 3.8) is 0 Å². The number of halogens is 1. The lowest BCUT2D eigenvalue weighted by Gasteiger charge is -2.31. The highest BCUT2D eigenvalue weighted by Gasteiger charge is 2.60. The Hall–Kier alpha value is -4.72. The van der Waals surface area contributed by atoms with Gasteiger partial charge in [-0.2, -0.15) is 0 Å². The molecule has 0 bridgehead atoms. The number of Topliss-reactive ketones (excluding diaryl/α,β-unsaturated/α-hetero) is 1. The topological polar surface area (TPSA) is 101 Å². The Morgan fingerprint density at radius 1 is 1.05 bits per heavy atom. The maximum absolute atomic E-state index is 14.6. The number of aromatic nitrogens is 2. The molecule has 1 unspecified atom stereocenters. The van der Waals surface area contributed by atoms with E-state index in [1.54, 1.807) is 24.4 Å². The van der Waals surface area contributed by atoms with Crippen LogP contribution < -0.4 is 15.4 Å². The van der Waals surface area contributed by atoms with Gasteiger partial charge < -0.3 is 15.5 Å². The Morgan fingerprint density at radius 3 is 2.50 bits per heavy atom. The second-order valence-corrected chi connectivity index (χ2v) is 9.77. The lowest BCUT2D eigenvalue weighted by atomic mass is 9.67. The van der Waals surface area contributed by atoms with E-state index in [0.717, 1.165) is 21.8 Å². The summed E-state index contributed by atoms with van der Waals surface area (Å²) in [4.78, 5) is 38.3. The molecule has 0 aliphatic carbocycles. The maximum Gasteiger partial charge on any atom is 0.250 e. The number of amides is 1. The van der Waals surface area contributed by atoms with E-state index in [1.807, 2.05) is 38.1 Å². The summed E-state index contributed by atoms with van der Waals surface area (Å²) in [5.74, 6) is -1.51. The molecule has 1 aliphatic heterocycles. The number of hydrogen-bond donors (Lipinski definition) is 2. The summed E-state index contributed by atoms with van der Waals surface area (Å²) in [6, 6.07) is 18.4. The highest BCUT2D eigenvalue weighted by molar-refractivity contribution is 6.30. The second kappa shape index (κ2) is 8.41. The van der Waals surface area contributed by atoms with Gasteiger partial charge in [0, 0.05) is 27.5 Å². The molecule has 1 atom stereocenters. The summed E-state index contributed by atoms with van der Waals surface area (Å²) in [6.45, 7) is 3.63. The molecule has 0 spiro atoms. The van der Waals surface area contributed by atoms with E-state index in [9.17, 15) is 14.0 Å². The number of nitrogens with zero attached hydrogens (tertiary/aromatic N) is 2. The molecular formula is C30H25FN4O3. The van der Waals surface area contributed by atoms with E-state index in [4.69, 9.17) is 10.5 Å². The van der Waals surface area contributed by atoms with Crippen LogP contribution in [0.1, 0.15) is 29.9 Å². The number of benzene rings is 3. The van der Waals surface area contributed by atoms with Crippen molar-refractivity contribution >= 4 is 50.6 Å². The van der Waals surface area contributed by atoms with Crippen molar-refractivity contribution in [3.8, 4) is 5.75 Å². The zero-order chi connectivity index (χ0) is 26.8. The van der Waals surface area contributed by atoms with Crippen molar-refractivity contribution in [1.82, 2.24) is 9.97 Å². The van der Waals surface area contributed by atoms with Crippen molar-refractivity contribution in [1.29, 1.82) is 0 Å². The molecule has 3 N–H and O–H groups in total. The molecular weight excluding hydrogens is 483 g/mol. The van der Waals surface area contributed by atoms with Crippen LogP contribution in [0.5, 0.6) is 5.75 Å². The van der Waals surface area contributed by atoms with Gasteiger partial charge in [0.15, 0.2) is 0 Å². The third-order valence-electron chi connectivity index (χ3n) is 7.51. The van der Waals surface area contributed by atoms with Gasteiger partial charge >= 0.3 is 0 Å². The molecule has 1 aliphatic rings. The number of methoxy groups -OCH3 is 1. The average Bonchev–Trinajstić information content (AvgIpc) is 3.42. The number of ketones is 1. The van der Waals surface area contributed by atoms with Gasteiger partial charge in [-0.05, 0) is 54.4 Å². The van der Waals surface area contributed by atoms with E-state index in [1.165, 1.54) is 36.3 Å². The van der Waals surface area contributed by atoms with Crippen LogP contribution in [0.2, 0.25) is 0 Å². The smallest absolute Gasteiger partial charge is 0.250 e. The quantitative estimate of drug-likeness (QED) is 0.175. The molecule has 0 fully saturated rings. The molecule has 5 aromatic rings. The van der Waals surface area contributed by atoms with Crippen LogP contribution in [0.3, 0.4) is 0 Å². The number of rotatable bonds is 5. The first kappa shape index (κ1) is 23.7. The highest BCUT2D eigenvalue weighted by atomic mass is 19.1. The van der Waals surface area contributed by atoms with Gasteiger partial charge in [-0.15, -0.1) is 0 Å². The first-order chi connectivity index (χ1) is 18.3. The first-order valence-corrected chi connectivity index (χ1v) is 12.3. The number of H-pyrrole nitrogens is 1. The van der Waals surface area contributed by atoms with Crippen molar-refractivity contribution in [2.75, 3.05) is 17.7 Å². The zero-order valence-electron chi connectivity index (χ0n) is 21.1. The standard InChI is InChI=1S/C30H25FN4O3/c1-16(2)30(28(36)22-14-20-19-6-4-5-7-21(19)34-23(20)15-33-22)26-24(12-13-25(38-3)27(26)32)35(29(30)37)18-10-8-17(31)9-11-18/h4-16,34H,32H2,1-3H3. The van der Waals surface area contributed by atoms with Gasteiger partial charge in [0.1, 0.15) is 22.7 Å². The van der Waals surface area contributed by atoms with Gasteiger partial charge in [0.2, 0.25) is 5.78 Å². The largest absolute Gasteiger partial charge is 0.495 e. The summed E-state index contributed by atoms with van der Waals surface area (Å²) < 4.78 is 19.2. The highest BCUT2D eigenvalue weighted by Crippen LogP contribution is 2.55. The van der Waals surface area contributed by atoms with E-state index < -0.39 is 28.8 Å². The predicted molar refractivity (Wildman–Crippen MR) is 145 cm³/mol. The number of pyridine rings is 1. The van der Waals surface area contributed by atoms with E-state index in [0.29, 0.717) is 22.7 Å². The lowest BCUT2D eigenvalue weighted by molar-refractivity contribution is -0.122. The van der Waals surface area contributed by atoms with Crippen LogP contribution in [-0.4, -0.2) is 28.8 Å². The van der Waals surface area contributed by atoms with Crippen LogP contribution in [0.15, 0.2) is 72.9 Å². The Morgan fingerprint density at radius 2 is 1.79 bits per heavy atom. The molecule has 3 aromatic carbocycles. The Labute approximate surface area is 218 Å². The summed E-state index contributed by atoms with van der Waals surface area (Å²) in [5.41, 5.74) is 8.24. The number of anilines is 3. The minimum Gasteiger partial charge on any atom is -0.495 e. The predicted octanol–water partition coefficient (Wildman–Crippen LogP) is 5.90. The zero-order valence-corrected chi connectivity index (χ0v) is 21.1. The van der Waals surface area contributed by atoms with Crippen LogP contribution in [0, 0.1) is 11.7 Å². The lowest BCUT2D eigenvalue weighted by Crippen LogP contribution is -2.49. The number of nitrogens with one attached hydrogen (secondary N) is 1. The average molecular weight is 509 g/mol. The fourth-order valence-electron chi connectivity index (χ4n) is 5.69. The summed E-state index contributed by atoms with van der Waals surface area (Å²) in [6.07, 6.45) is 1.61. The normalized spacial score (nSPS) is 17.0. The van der Waals surface area contributed by atoms with Crippen molar-refractivity contribution in [2.45, 2.75) is 19.3 Å². The van der Waals surface area contributed by atoms with Gasteiger partial charge in [0.05, 0.1) is 30.2 Å². The molecule has 0 saturated carbocycles. The van der Waals surface area contributed by atoms with E-state index >= 15 is 0 Å². The molecule has 7 nitrogen and oxygen atoms in total. The van der Waals surface area contributed by atoms with Crippen molar-refractivity contribution in [3.05, 3.63) is 90.0 Å². The molecule has 8 heteroatoms. The first-order valence-electron chi connectivity index (χ1n) is 12.3. The van der Waals surface area contributed by atoms with Gasteiger partial charge in [-0.25, -0.2) is 4.39 Å². The molecule has 3 heterocycles. The maximum atomic E-state index is 14.6. The van der Waals surface area contributed by atoms with Crippen LogP contribution >= 0.6 is 0 Å². The third-order valence-corrected chi connectivity index (χ3v) is 7.51. The van der Waals surface area contributed by atoms with E-state index in [-0.39, 0.29) is 11.4 Å². The minimum absolute atomic E-state index is 0.151. The summed E-state index contributed by atoms with van der Waals surface area (Å²) in [5, 5.41) is 1.78. The number of hydrogen-bond acceptors (Lipinski definition) is 5. The SMILES string of the molecule is COc1ccc2c(c1N)C(C(=O)c1cc3c(cn1)[nH]c1ccccc13)(C(C)C)C(=O)N2c1ccc(F)cc1. The fraction of sp³-hybridized carbons (Fsp3) is 0.167. The molecule has 0 radical (unpaired) electrons. The number of para-hydroxylation sites is 1. The minimum atomic E-state index is -1.69. The molecule has 2 aromatic heterocycles. The number of ether oxygens (including phenoxy) is 1.